The van der Waals surface area contributed by atoms with Crippen LogP contribution in [0.3, 0.4) is 0 Å². The molecule has 0 amide bonds. The van der Waals surface area contributed by atoms with Gasteiger partial charge in [0.2, 0.25) is 0 Å². The molecule has 0 saturated carbocycles. The molecule has 2 heterocycles. The number of nitrogens with zero attached hydrogens (tertiary/aromatic N) is 2. The van der Waals surface area contributed by atoms with Gasteiger partial charge in [-0.05, 0) is 24.2 Å². The summed E-state index contributed by atoms with van der Waals surface area (Å²) in [5.74, 6) is 1.58. The number of para-hydroxylation sites is 1. The number of aromatic nitrogens is 2. The molecule has 0 fully saturated rings. The third kappa shape index (κ3) is 3.03. The highest BCUT2D eigenvalue weighted by Crippen LogP contribution is 2.51. The predicted molar refractivity (Wildman–Crippen MR) is 112 cm³/mol. The third-order valence-corrected chi connectivity index (χ3v) is 5.90. The van der Waals surface area contributed by atoms with E-state index in [1.165, 1.54) is 11.8 Å². The Morgan fingerprint density at radius 3 is 2.71 bits per heavy atom. The van der Waals surface area contributed by atoms with E-state index in [0.29, 0.717) is 23.2 Å². The molecule has 1 aromatic carbocycles. The topological polar surface area (TPSA) is 90.1 Å². The van der Waals surface area contributed by atoms with Crippen LogP contribution in [0.2, 0.25) is 0 Å². The fourth-order valence-corrected chi connectivity index (χ4v) is 4.59. The molecule has 0 bridgehead atoms. The first-order chi connectivity index (χ1) is 13.3. The number of rotatable bonds is 3. The van der Waals surface area contributed by atoms with Crippen LogP contribution in [0.4, 0.5) is 11.6 Å². The van der Waals surface area contributed by atoms with Gasteiger partial charge in [0, 0.05) is 28.8 Å². The zero-order valence-electron chi connectivity index (χ0n) is 16.5. The van der Waals surface area contributed by atoms with Crippen molar-refractivity contribution in [2.75, 3.05) is 24.4 Å². The number of nitrogen functional groups attached to an aromatic ring is 1. The highest BCUT2D eigenvalue weighted by Gasteiger charge is 2.43. The lowest BCUT2D eigenvalue weighted by Gasteiger charge is -2.39. The van der Waals surface area contributed by atoms with Gasteiger partial charge in [-0.25, -0.2) is 9.97 Å². The van der Waals surface area contributed by atoms with E-state index in [9.17, 15) is 4.79 Å². The van der Waals surface area contributed by atoms with Crippen LogP contribution in [0.5, 0.6) is 5.75 Å². The molecule has 0 unspecified atom stereocenters. The van der Waals surface area contributed by atoms with Crippen molar-refractivity contribution < 1.29 is 9.53 Å². The first kappa shape index (κ1) is 18.8. The maximum atomic E-state index is 13.2. The summed E-state index contributed by atoms with van der Waals surface area (Å²) in [5.41, 5.74) is 9.60. The molecule has 6 nitrogen and oxygen atoms in total. The minimum atomic E-state index is -0.345. The van der Waals surface area contributed by atoms with Gasteiger partial charge in [-0.1, -0.05) is 43.8 Å². The number of hydrogen-bond donors (Lipinski definition) is 2. The molecule has 28 heavy (non-hydrogen) atoms. The normalized spacial score (nSPS) is 20.3. The van der Waals surface area contributed by atoms with Crippen molar-refractivity contribution in [1.29, 1.82) is 0 Å². The molecule has 2 aromatic rings. The predicted octanol–water partition coefficient (Wildman–Crippen LogP) is 3.99. The monoisotopic (exact) mass is 396 g/mol. The lowest BCUT2D eigenvalue weighted by molar-refractivity contribution is -0.118. The van der Waals surface area contributed by atoms with Crippen molar-refractivity contribution in [3.63, 3.8) is 0 Å². The second-order valence-electron chi connectivity index (χ2n) is 7.99. The molecule has 0 radical (unpaired) electrons. The molecule has 1 aliphatic carbocycles. The first-order valence-corrected chi connectivity index (χ1v) is 10.4. The van der Waals surface area contributed by atoms with Crippen molar-refractivity contribution in [2.24, 2.45) is 5.41 Å². The van der Waals surface area contributed by atoms with Gasteiger partial charge in [0.05, 0.1) is 13.0 Å². The van der Waals surface area contributed by atoms with E-state index in [1.54, 1.807) is 7.11 Å². The lowest BCUT2D eigenvalue weighted by Crippen LogP contribution is -2.34. The number of carbonyl (C=O) groups is 1. The van der Waals surface area contributed by atoms with Crippen molar-refractivity contribution in [1.82, 2.24) is 9.97 Å². The molecule has 1 aliphatic heterocycles. The number of ketones is 1. The van der Waals surface area contributed by atoms with Crippen molar-refractivity contribution >= 4 is 29.2 Å². The number of hydrogen-bond acceptors (Lipinski definition) is 7. The smallest absolute Gasteiger partial charge is 0.191 e. The van der Waals surface area contributed by atoms with Crippen LogP contribution in [0.15, 0.2) is 40.7 Å². The first-order valence-electron chi connectivity index (χ1n) is 9.22. The quantitative estimate of drug-likeness (QED) is 0.599. The highest BCUT2D eigenvalue weighted by molar-refractivity contribution is 7.98. The maximum absolute atomic E-state index is 13.2. The lowest BCUT2D eigenvalue weighted by atomic mass is 9.69. The molecule has 0 saturated heterocycles. The summed E-state index contributed by atoms with van der Waals surface area (Å²) in [4.78, 5) is 22.4. The fraction of sp³-hybridized carbons (Fsp3) is 0.381. The maximum Gasteiger partial charge on any atom is 0.191 e. The minimum Gasteiger partial charge on any atom is -0.496 e. The van der Waals surface area contributed by atoms with E-state index < -0.39 is 0 Å². The molecule has 1 aromatic heterocycles. The van der Waals surface area contributed by atoms with E-state index >= 15 is 0 Å². The Kier molecular flexibility index (Phi) is 4.57. The average Bonchev–Trinajstić information content (AvgIpc) is 2.65. The molecule has 2 aliphatic rings. The summed E-state index contributed by atoms with van der Waals surface area (Å²) in [6, 6.07) is 7.76. The molecule has 146 valence electrons. The van der Waals surface area contributed by atoms with Crippen LogP contribution < -0.4 is 15.8 Å². The second-order valence-corrected chi connectivity index (χ2v) is 8.76. The standard InChI is InChI=1S/C21H24N4O2S/c1-21(2)9-12-16(13(26)10-21)15(11-7-5-6-8-14(11)27-3)17-18(22)24-20(28-4)25-19(17)23-12/h5-8,15H,9-10H2,1-4H3,(H3,22,23,24,25)/t15-/m1/s1. The third-order valence-electron chi connectivity index (χ3n) is 5.35. The van der Waals surface area contributed by atoms with Crippen LogP contribution in [0, 0.1) is 5.41 Å². The summed E-state index contributed by atoms with van der Waals surface area (Å²) in [7, 11) is 1.64. The molecule has 0 spiro atoms. The largest absolute Gasteiger partial charge is 0.496 e. The number of anilines is 2. The summed E-state index contributed by atoms with van der Waals surface area (Å²) in [6.07, 6.45) is 3.19. The second kappa shape index (κ2) is 6.81. The number of allylic oxidation sites excluding steroid dienone is 2. The van der Waals surface area contributed by atoms with Gasteiger partial charge in [0.1, 0.15) is 17.4 Å². The molecular weight excluding hydrogens is 372 g/mol. The van der Waals surface area contributed by atoms with Gasteiger partial charge >= 0.3 is 0 Å². The van der Waals surface area contributed by atoms with Crippen LogP contribution in [-0.2, 0) is 4.79 Å². The van der Waals surface area contributed by atoms with E-state index in [4.69, 9.17) is 10.5 Å². The van der Waals surface area contributed by atoms with Gasteiger partial charge in [-0.15, -0.1) is 0 Å². The van der Waals surface area contributed by atoms with Gasteiger partial charge in [-0.3, -0.25) is 4.79 Å². The van der Waals surface area contributed by atoms with Crippen molar-refractivity contribution in [3.8, 4) is 5.75 Å². The zero-order chi connectivity index (χ0) is 20.1. The Bertz CT molecular complexity index is 1000. The Morgan fingerprint density at radius 1 is 1.25 bits per heavy atom. The van der Waals surface area contributed by atoms with Crippen molar-refractivity contribution in [2.45, 2.75) is 37.8 Å². The van der Waals surface area contributed by atoms with Crippen molar-refractivity contribution in [3.05, 3.63) is 46.7 Å². The Hall–Kier alpha value is -2.54. The summed E-state index contributed by atoms with van der Waals surface area (Å²) >= 11 is 1.44. The van der Waals surface area contributed by atoms with E-state index in [0.717, 1.165) is 34.6 Å². The van der Waals surface area contributed by atoms with Gasteiger partial charge in [0.25, 0.3) is 0 Å². The molecular formula is C21H24N4O2S. The Labute approximate surface area is 169 Å². The van der Waals surface area contributed by atoms with Gasteiger partial charge in [0.15, 0.2) is 10.9 Å². The fourth-order valence-electron chi connectivity index (χ4n) is 4.22. The molecule has 7 heteroatoms. The molecule has 1 atom stereocenters. The average molecular weight is 397 g/mol. The van der Waals surface area contributed by atoms with E-state index in [1.807, 2.05) is 30.5 Å². The highest BCUT2D eigenvalue weighted by atomic mass is 32.2. The molecule has 4 rings (SSSR count). The Balaban J connectivity index is 2.00. The SMILES string of the molecule is COc1ccccc1[C@@H]1C2=C(CC(C)(C)CC2=O)Nc2nc(SC)nc(N)c21. The number of nitrogens with one attached hydrogen (secondary N) is 1. The zero-order valence-corrected chi connectivity index (χ0v) is 17.3. The van der Waals surface area contributed by atoms with Crippen LogP contribution >= 0.6 is 11.8 Å². The van der Waals surface area contributed by atoms with Gasteiger partial charge in [-0.2, -0.15) is 0 Å². The summed E-state index contributed by atoms with van der Waals surface area (Å²) in [6.45, 7) is 4.23. The van der Waals surface area contributed by atoms with Gasteiger partial charge < -0.3 is 15.8 Å². The number of thioether (sulfide) groups is 1. The van der Waals surface area contributed by atoms with Crippen LogP contribution in [0.25, 0.3) is 0 Å². The summed E-state index contributed by atoms with van der Waals surface area (Å²) < 4.78 is 5.61. The van der Waals surface area contributed by atoms with E-state index in [2.05, 4.69) is 29.1 Å². The Morgan fingerprint density at radius 2 is 2.00 bits per heavy atom. The number of fused-ring (bicyclic) bond motifs is 1. The number of ether oxygens (including phenoxy) is 1. The number of carbonyl (C=O) groups excluding carboxylic acids is 1. The minimum absolute atomic E-state index is 0.105. The molecule has 3 N–H and O–H groups in total. The van der Waals surface area contributed by atoms with E-state index in [-0.39, 0.29) is 17.1 Å². The summed E-state index contributed by atoms with van der Waals surface area (Å²) in [5, 5.41) is 4.02. The number of methoxy groups -OCH3 is 1. The number of Topliss-reactive ketones (excluding diaryl/α,β-unsaturated/α-hetero) is 1. The van der Waals surface area contributed by atoms with Crippen LogP contribution in [-0.4, -0.2) is 29.1 Å². The number of benzene rings is 1. The van der Waals surface area contributed by atoms with Crippen LogP contribution in [0.1, 0.15) is 43.7 Å². The number of nitrogens with two attached hydrogens (primary N) is 1.